The molecule has 1 fully saturated rings. The third kappa shape index (κ3) is 2.40. The van der Waals surface area contributed by atoms with Crippen LogP contribution < -0.4 is 10.4 Å². The lowest BCUT2D eigenvalue weighted by atomic mass is 10.2. The van der Waals surface area contributed by atoms with Crippen LogP contribution in [-0.2, 0) is 6.18 Å². The largest absolute Gasteiger partial charge is 0.453 e. The fourth-order valence-electron chi connectivity index (χ4n) is 2.16. The maximum Gasteiger partial charge on any atom is 0.453 e. The van der Waals surface area contributed by atoms with Crippen molar-refractivity contribution < 1.29 is 13.2 Å². The minimum absolute atomic E-state index is 0.0795. The summed E-state index contributed by atoms with van der Waals surface area (Å²) in [5.41, 5.74) is 3.23. The van der Waals surface area contributed by atoms with E-state index < -0.39 is 12.0 Å². The molecule has 0 spiro atoms. The molecule has 0 aromatic carbocycles. The van der Waals surface area contributed by atoms with Gasteiger partial charge in [0.1, 0.15) is 0 Å². The van der Waals surface area contributed by atoms with E-state index in [1.165, 1.54) is 6.07 Å². The number of nitrogens with zero attached hydrogens (tertiary/aromatic N) is 5. The molecule has 1 saturated heterocycles. The summed E-state index contributed by atoms with van der Waals surface area (Å²) in [5, 5.41) is 12.4. The molecule has 3 rings (SSSR count). The van der Waals surface area contributed by atoms with Crippen LogP contribution in [0.3, 0.4) is 0 Å². The number of halogens is 3. The van der Waals surface area contributed by atoms with E-state index in [0.717, 1.165) is 30.3 Å². The molecule has 3 heterocycles. The number of nitrogens with one attached hydrogen (secondary N) is 1. The molecule has 0 unspecified atom stereocenters. The van der Waals surface area contributed by atoms with E-state index in [1.807, 2.05) is 0 Å². The molecule has 0 amide bonds. The first-order valence-electron chi connectivity index (χ1n) is 6.36. The normalized spacial score (nSPS) is 17.4. The van der Waals surface area contributed by atoms with E-state index in [2.05, 4.69) is 20.7 Å². The molecule has 1 aliphatic heterocycles. The Morgan fingerprint density at radius 3 is 2.75 bits per heavy atom. The second-order valence-electron chi connectivity index (χ2n) is 4.60. The van der Waals surface area contributed by atoms with Gasteiger partial charge in [-0.2, -0.15) is 17.7 Å². The number of aromatic nitrogens is 4. The monoisotopic (exact) mass is 286 g/mol. The van der Waals surface area contributed by atoms with Crippen LogP contribution in [0.1, 0.15) is 25.1 Å². The highest BCUT2D eigenvalue weighted by molar-refractivity contribution is 5.45. The number of hydrogen-bond acceptors (Lipinski definition) is 5. The molecule has 9 heteroatoms. The van der Waals surface area contributed by atoms with Gasteiger partial charge in [0, 0.05) is 13.1 Å². The van der Waals surface area contributed by atoms with Crippen LogP contribution in [0, 0.1) is 0 Å². The molecule has 0 atom stereocenters. The fourth-order valence-corrected chi connectivity index (χ4v) is 2.16. The second-order valence-corrected chi connectivity index (χ2v) is 4.60. The molecular formula is C11H13F3N6. The molecule has 0 saturated carbocycles. The number of hydrazine groups is 1. The zero-order valence-corrected chi connectivity index (χ0v) is 10.6. The highest BCUT2D eigenvalue weighted by atomic mass is 19.4. The van der Waals surface area contributed by atoms with Gasteiger partial charge >= 0.3 is 6.18 Å². The lowest BCUT2D eigenvalue weighted by molar-refractivity contribution is -0.146. The van der Waals surface area contributed by atoms with Crippen molar-refractivity contribution in [2.75, 3.05) is 18.1 Å². The van der Waals surface area contributed by atoms with Crippen LogP contribution >= 0.6 is 0 Å². The summed E-state index contributed by atoms with van der Waals surface area (Å²) in [5.74, 6) is -0.672. The van der Waals surface area contributed by atoms with Gasteiger partial charge in [0.15, 0.2) is 11.5 Å². The molecule has 0 aliphatic carbocycles. The van der Waals surface area contributed by atoms with E-state index in [9.17, 15) is 13.2 Å². The summed E-state index contributed by atoms with van der Waals surface area (Å²) < 4.78 is 39.1. The van der Waals surface area contributed by atoms with Gasteiger partial charge in [-0.1, -0.05) is 6.42 Å². The molecule has 6 nitrogen and oxygen atoms in total. The summed E-state index contributed by atoms with van der Waals surface area (Å²) in [7, 11) is 0. The maximum atomic E-state index is 12.8. The van der Waals surface area contributed by atoms with Crippen molar-refractivity contribution in [3.63, 3.8) is 0 Å². The average molecular weight is 286 g/mol. The van der Waals surface area contributed by atoms with Gasteiger partial charge in [-0.05, 0) is 25.0 Å². The van der Waals surface area contributed by atoms with Gasteiger partial charge in [0.2, 0.25) is 0 Å². The Labute approximate surface area is 112 Å². The predicted octanol–water partition coefficient (Wildman–Crippen LogP) is 1.64. The van der Waals surface area contributed by atoms with Crippen molar-refractivity contribution >= 4 is 11.5 Å². The molecule has 1 N–H and O–H groups in total. The van der Waals surface area contributed by atoms with Gasteiger partial charge in [-0.15, -0.1) is 15.3 Å². The Kier molecular flexibility index (Phi) is 3.20. The Morgan fingerprint density at radius 2 is 1.95 bits per heavy atom. The highest BCUT2D eigenvalue weighted by Crippen LogP contribution is 2.27. The summed E-state index contributed by atoms with van der Waals surface area (Å²) in [4.78, 5) is 0. The minimum Gasteiger partial charge on any atom is -0.291 e. The van der Waals surface area contributed by atoms with Crippen molar-refractivity contribution in [1.29, 1.82) is 0 Å². The molecule has 108 valence electrons. The van der Waals surface area contributed by atoms with Crippen LogP contribution in [0.2, 0.25) is 0 Å². The van der Waals surface area contributed by atoms with Crippen LogP contribution in [0.25, 0.3) is 5.65 Å². The first kappa shape index (κ1) is 13.1. The maximum absolute atomic E-state index is 12.8. The van der Waals surface area contributed by atoms with Crippen molar-refractivity contribution in [1.82, 2.24) is 25.2 Å². The SMILES string of the molecule is FC(F)(F)c1nnc2ccc(N3CCCCCN3)nn12. The molecule has 2 aromatic heterocycles. The number of anilines is 1. The van der Waals surface area contributed by atoms with Crippen LogP contribution in [-0.4, -0.2) is 32.9 Å². The summed E-state index contributed by atoms with van der Waals surface area (Å²) in [6.45, 7) is 1.50. The third-order valence-electron chi connectivity index (χ3n) is 3.14. The van der Waals surface area contributed by atoms with E-state index in [1.54, 1.807) is 11.1 Å². The Balaban J connectivity index is 2.00. The topological polar surface area (TPSA) is 58.4 Å². The number of hydrogen-bond donors (Lipinski definition) is 1. The van der Waals surface area contributed by atoms with Gasteiger partial charge in [0.25, 0.3) is 5.82 Å². The van der Waals surface area contributed by atoms with Crippen molar-refractivity contribution in [3.8, 4) is 0 Å². The molecule has 0 bridgehead atoms. The molecular weight excluding hydrogens is 273 g/mol. The van der Waals surface area contributed by atoms with E-state index in [0.29, 0.717) is 12.4 Å². The number of fused-ring (bicyclic) bond motifs is 1. The van der Waals surface area contributed by atoms with Crippen LogP contribution in [0.5, 0.6) is 0 Å². The third-order valence-corrected chi connectivity index (χ3v) is 3.14. The standard InChI is InChI=1S/C11H13F3N6/c12-11(13,14)10-17-16-8-4-5-9(18-20(8)10)19-7-3-1-2-6-15-19/h4-5,15H,1-3,6-7H2. The zero-order valence-electron chi connectivity index (χ0n) is 10.6. The summed E-state index contributed by atoms with van der Waals surface area (Å²) in [6.07, 6.45) is -1.47. The highest BCUT2D eigenvalue weighted by Gasteiger charge is 2.37. The number of rotatable bonds is 1. The van der Waals surface area contributed by atoms with Gasteiger partial charge in [0.05, 0.1) is 0 Å². The van der Waals surface area contributed by atoms with Crippen molar-refractivity contribution in [2.24, 2.45) is 0 Å². The van der Waals surface area contributed by atoms with E-state index >= 15 is 0 Å². The molecule has 20 heavy (non-hydrogen) atoms. The van der Waals surface area contributed by atoms with Gasteiger partial charge in [-0.3, -0.25) is 5.01 Å². The smallest absolute Gasteiger partial charge is 0.291 e. The van der Waals surface area contributed by atoms with E-state index in [-0.39, 0.29) is 5.65 Å². The first-order valence-corrected chi connectivity index (χ1v) is 6.36. The molecule has 0 radical (unpaired) electrons. The molecule has 1 aliphatic rings. The fraction of sp³-hybridized carbons (Fsp3) is 0.545. The summed E-state index contributed by atoms with van der Waals surface area (Å²) in [6, 6.07) is 3.12. The van der Waals surface area contributed by atoms with E-state index in [4.69, 9.17) is 0 Å². The van der Waals surface area contributed by atoms with Crippen molar-refractivity contribution in [3.05, 3.63) is 18.0 Å². The van der Waals surface area contributed by atoms with Gasteiger partial charge in [-0.25, -0.2) is 5.43 Å². The zero-order chi connectivity index (χ0) is 14.2. The Bertz CT molecular complexity index is 600. The first-order chi connectivity index (χ1) is 9.55. The molecule has 2 aromatic rings. The van der Waals surface area contributed by atoms with Crippen molar-refractivity contribution in [2.45, 2.75) is 25.4 Å². The second kappa shape index (κ2) is 4.89. The van der Waals surface area contributed by atoms with Crippen LogP contribution in [0.15, 0.2) is 12.1 Å². The minimum atomic E-state index is -4.57. The average Bonchev–Trinajstić information content (AvgIpc) is 2.65. The Hall–Kier alpha value is -1.90. The lowest BCUT2D eigenvalue weighted by Crippen LogP contribution is -2.38. The van der Waals surface area contributed by atoms with Gasteiger partial charge < -0.3 is 0 Å². The quantitative estimate of drug-likeness (QED) is 0.863. The summed E-state index contributed by atoms with van der Waals surface area (Å²) >= 11 is 0. The lowest BCUT2D eigenvalue weighted by Gasteiger charge is -2.21. The Morgan fingerprint density at radius 1 is 1.10 bits per heavy atom. The number of alkyl halides is 3. The predicted molar refractivity (Wildman–Crippen MR) is 65.0 cm³/mol. The van der Waals surface area contributed by atoms with Crippen LogP contribution in [0.4, 0.5) is 19.0 Å².